The molecule has 0 aliphatic rings. The van der Waals surface area contributed by atoms with Crippen molar-refractivity contribution in [1.29, 1.82) is 5.26 Å². The van der Waals surface area contributed by atoms with Crippen molar-refractivity contribution in [2.24, 2.45) is 0 Å². The lowest BCUT2D eigenvalue weighted by molar-refractivity contribution is -0.394. The van der Waals surface area contributed by atoms with Gasteiger partial charge in [-0.15, -0.1) is 0 Å². The Bertz CT molecular complexity index is 1900. The van der Waals surface area contributed by atoms with E-state index in [9.17, 15) is 58.8 Å². The number of hydrogen-bond acceptors (Lipinski definition) is 5. The fraction of sp³-hybridized carbons (Fsp3) is 0.258. The molecule has 3 aromatic carbocycles. The lowest BCUT2D eigenvalue weighted by atomic mass is 9.96. The molecule has 254 valence electrons. The van der Waals surface area contributed by atoms with Gasteiger partial charge in [-0.3, -0.25) is 14.5 Å². The average molecular weight is 689 g/mol. The molecule has 0 saturated heterocycles. The molecule has 2 N–H and O–H groups in total. The summed E-state index contributed by atoms with van der Waals surface area (Å²) in [5.41, 5.74) is 0.336. The summed E-state index contributed by atoms with van der Waals surface area (Å²) in [5, 5.41) is 13.7. The fourth-order valence-corrected chi connectivity index (χ4v) is 4.68. The van der Waals surface area contributed by atoms with Crippen LogP contribution in [0.15, 0.2) is 65.1 Å². The first-order chi connectivity index (χ1) is 22.3. The number of alkyl halides is 9. The Morgan fingerprint density at radius 3 is 2.08 bits per heavy atom. The summed E-state index contributed by atoms with van der Waals surface area (Å²) in [6.07, 6.45) is -5.07. The highest BCUT2D eigenvalue weighted by atomic mass is 19.4. The molecule has 0 unspecified atom stereocenters. The van der Waals surface area contributed by atoms with E-state index in [1.165, 1.54) is 53.7 Å². The second-order valence-corrected chi connectivity index (χ2v) is 10.2. The van der Waals surface area contributed by atoms with E-state index in [2.05, 4.69) is 5.32 Å². The molecule has 0 fully saturated rings. The van der Waals surface area contributed by atoms with Crippen molar-refractivity contribution in [2.75, 3.05) is 25.0 Å². The van der Waals surface area contributed by atoms with Crippen LogP contribution in [0.25, 0.3) is 33.4 Å². The molecule has 1 aromatic heterocycles. The van der Waals surface area contributed by atoms with Gasteiger partial charge in [-0.25, -0.2) is 4.39 Å². The standard InChI is InChI=1S/C31H22F10N4O3/c1-3-45(15-42)22-13-23-21(24(27(47)43-2)25(48-23)16-7-9-19(32)10-8-16)12-20(22)17-5-4-6-18(11-17)26(46)44-14-28(33,34)29(35,36)30(37,38)31(39,40)41/h4-13H,3,14H2,1-2H3,(H,43,47)(H,44,46). The highest BCUT2D eigenvalue weighted by Gasteiger charge is 2.81. The summed E-state index contributed by atoms with van der Waals surface area (Å²) in [5.74, 6) is -22.8. The van der Waals surface area contributed by atoms with Gasteiger partial charge >= 0.3 is 23.9 Å². The number of furan rings is 1. The molecule has 0 atom stereocenters. The van der Waals surface area contributed by atoms with Crippen LogP contribution in [0.1, 0.15) is 27.6 Å². The SMILES string of the molecule is CCN(C#N)c1cc2oc(-c3ccc(F)cc3)c(C(=O)NC)c2cc1-c1cccc(C(=O)NCC(F)(F)C(F)(F)C(F)(F)C(F)(F)F)c1. The van der Waals surface area contributed by atoms with Gasteiger partial charge in [-0.05, 0) is 55.0 Å². The van der Waals surface area contributed by atoms with Crippen LogP contribution in [0.2, 0.25) is 0 Å². The third kappa shape index (κ3) is 6.21. The molecule has 4 rings (SSSR count). The largest absolute Gasteiger partial charge is 0.460 e. The second-order valence-electron chi connectivity index (χ2n) is 10.2. The molecule has 0 aliphatic heterocycles. The highest BCUT2D eigenvalue weighted by Crippen LogP contribution is 2.53. The minimum absolute atomic E-state index is 0.000342. The number of amides is 2. The van der Waals surface area contributed by atoms with E-state index in [1.807, 2.05) is 6.19 Å². The molecule has 17 heteroatoms. The van der Waals surface area contributed by atoms with Gasteiger partial charge in [0.25, 0.3) is 11.8 Å². The fourth-order valence-electron chi connectivity index (χ4n) is 4.68. The maximum Gasteiger partial charge on any atom is 0.460 e. The van der Waals surface area contributed by atoms with E-state index in [0.717, 1.165) is 24.3 Å². The Kier molecular flexibility index (Phi) is 9.44. The second kappa shape index (κ2) is 12.7. The van der Waals surface area contributed by atoms with Crippen LogP contribution >= 0.6 is 0 Å². The quantitative estimate of drug-likeness (QED) is 0.101. The predicted octanol–water partition coefficient (Wildman–Crippen LogP) is 7.77. The Hall–Kier alpha value is -5.27. The summed E-state index contributed by atoms with van der Waals surface area (Å²) in [7, 11) is 1.34. The molecule has 0 aliphatic carbocycles. The normalized spacial score (nSPS) is 12.5. The van der Waals surface area contributed by atoms with Crippen LogP contribution in [0.4, 0.5) is 49.6 Å². The number of nitrogens with zero attached hydrogens (tertiary/aromatic N) is 2. The number of nitrogens with one attached hydrogen (secondary N) is 2. The Morgan fingerprint density at radius 1 is 0.875 bits per heavy atom. The molecular formula is C31H22F10N4O3. The molecule has 1 heterocycles. The van der Waals surface area contributed by atoms with Crippen molar-refractivity contribution >= 4 is 28.5 Å². The van der Waals surface area contributed by atoms with E-state index in [4.69, 9.17) is 4.42 Å². The maximum atomic E-state index is 14.1. The topological polar surface area (TPSA) is 98.4 Å². The summed E-state index contributed by atoms with van der Waals surface area (Å²) in [6.45, 7) is -0.878. The number of nitriles is 1. The van der Waals surface area contributed by atoms with Crippen molar-refractivity contribution in [3.63, 3.8) is 0 Å². The van der Waals surface area contributed by atoms with Gasteiger partial charge in [0.05, 0.1) is 17.8 Å². The highest BCUT2D eigenvalue weighted by molar-refractivity contribution is 6.13. The number of rotatable bonds is 10. The minimum atomic E-state index is -7.12. The van der Waals surface area contributed by atoms with E-state index < -0.39 is 53.7 Å². The van der Waals surface area contributed by atoms with Gasteiger partial charge in [-0.2, -0.15) is 44.8 Å². The van der Waals surface area contributed by atoms with Crippen molar-refractivity contribution in [3.05, 3.63) is 77.6 Å². The zero-order valence-corrected chi connectivity index (χ0v) is 24.6. The summed E-state index contributed by atoms with van der Waals surface area (Å²) >= 11 is 0. The lowest BCUT2D eigenvalue weighted by Gasteiger charge is -2.33. The molecule has 0 spiro atoms. The number of carbonyl (C=O) groups is 2. The van der Waals surface area contributed by atoms with Crippen LogP contribution in [0.3, 0.4) is 0 Å². The maximum absolute atomic E-state index is 14.1. The smallest absolute Gasteiger partial charge is 0.455 e. The molecular weight excluding hydrogens is 666 g/mol. The van der Waals surface area contributed by atoms with Gasteiger partial charge in [0, 0.05) is 41.7 Å². The molecule has 0 bridgehead atoms. The average Bonchev–Trinajstić information content (AvgIpc) is 3.41. The van der Waals surface area contributed by atoms with Gasteiger partial charge in [0.15, 0.2) is 6.19 Å². The van der Waals surface area contributed by atoms with E-state index >= 15 is 0 Å². The van der Waals surface area contributed by atoms with Crippen molar-refractivity contribution in [1.82, 2.24) is 10.6 Å². The number of carbonyl (C=O) groups excluding carboxylic acids is 2. The molecule has 4 aromatic rings. The predicted molar refractivity (Wildman–Crippen MR) is 152 cm³/mol. The Labute approximate surface area is 264 Å². The van der Waals surface area contributed by atoms with Crippen LogP contribution in [0.5, 0.6) is 0 Å². The molecule has 0 saturated carbocycles. The molecule has 2 amide bonds. The third-order valence-corrected chi connectivity index (χ3v) is 7.21. The first-order valence-electron chi connectivity index (χ1n) is 13.7. The van der Waals surface area contributed by atoms with Gasteiger partial charge in [-0.1, -0.05) is 12.1 Å². The Morgan fingerprint density at radius 2 is 1.52 bits per heavy atom. The van der Waals surface area contributed by atoms with Crippen molar-refractivity contribution < 1.29 is 57.9 Å². The monoisotopic (exact) mass is 688 g/mol. The van der Waals surface area contributed by atoms with E-state index in [1.54, 1.807) is 6.92 Å². The van der Waals surface area contributed by atoms with Crippen molar-refractivity contribution in [3.8, 4) is 28.6 Å². The number of halogens is 10. The van der Waals surface area contributed by atoms with Crippen molar-refractivity contribution in [2.45, 2.75) is 30.9 Å². The molecule has 48 heavy (non-hydrogen) atoms. The first-order valence-corrected chi connectivity index (χ1v) is 13.7. The molecule has 0 radical (unpaired) electrons. The summed E-state index contributed by atoms with van der Waals surface area (Å²) < 4.78 is 139. The lowest BCUT2D eigenvalue weighted by Crippen LogP contribution is -2.63. The van der Waals surface area contributed by atoms with Crippen LogP contribution in [-0.2, 0) is 0 Å². The summed E-state index contributed by atoms with van der Waals surface area (Å²) in [6, 6.07) is 12.5. The van der Waals surface area contributed by atoms with E-state index in [0.29, 0.717) is 5.56 Å². The summed E-state index contributed by atoms with van der Waals surface area (Å²) in [4.78, 5) is 26.9. The zero-order valence-electron chi connectivity index (χ0n) is 24.6. The number of hydrogen-bond donors (Lipinski definition) is 2. The van der Waals surface area contributed by atoms with E-state index in [-0.39, 0.29) is 45.7 Å². The Balaban J connectivity index is 1.80. The van der Waals surface area contributed by atoms with Crippen LogP contribution < -0.4 is 15.5 Å². The third-order valence-electron chi connectivity index (χ3n) is 7.21. The minimum Gasteiger partial charge on any atom is -0.455 e. The van der Waals surface area contributed by atoms with Gasteiger partial charge < -0.3 is 15.1 Å². The number of fused-ring (bicyclic) bond motifs is 1. The first kappa shape index (κ1) is 35.6. The number of anilines is 1. The van der Waals surface area contributed by atoms with Gasteiger partial charge in [0.1, 0.15) is 17.2 Å². The van der Waals surface area contributed by atoms with Crippen LogP contribution in [-0.4, -0.2) is 55.9 Å². The van der Waals surface area contributed by atoms with Gasteiger partial charge in [0.2, 0.25) is 0 Å². The number of benzene rings is 3. The molecule has 7 nitrogen and oxygen atoms in total. The zero-order chi connectivity index (χ0) is 35.8. The van der Waals surface area contributed by atoms with Crippen LogP contribution in [0, 0.1) is 17.3 Å².